The zero-order valence-electron chi connectivity index (χ0n) is 10.3. The summed E-state index contributed by atoms with van der Waals surface area (Å²) in [6, 6.07) is 4.22. The summed E-state index contributed by atoms with van der Waals surface area (Å²) in [4.78, 5) is 11.2. The number of ether oxygens (including phenoxy) is 1. The highest BCUT2D eigenvalue weighted by atomic mass is 16.5. The van der Waals surface area contributed by atoms with Crippen LogP contribution < -0.4 is 0 Å². The van der Waals surface area contributed by atoms with Crippen LogP contribution in [0.15, 0.2) is 18.2 Å². The number of carbonyl (C=O) groups is 1. The Balaban J connectivity index is 2.93. The average Bonchev–Trinajstić information content (AvgIpc) is 2.16. The van der Waals surface area contributed by atoms with Gasteiger partial charge in [0.2, 0.25) is 0 Å². The van der Waals surface area contributed by atoms with Crippen molar-refractivity contribution in [3.63, 3.8) is 0 Å². The van der Waals surface area contributed by atoms with Gasteiger partial charge in [0, 0.05) is 6.08 Å². The predicted octanol–water partition coefficient (Wildman–Crippen LogP) is 3.19. The predicted molar refractivity (Wildman–Crippen MR) is 66.3 cm³/mol. The topological polar surface area (TPSA) is 26.3 Å². The highest BCUT2D eigenvalue weighted by molar-refractivity contribution is 5.87. The summed E-state index contributed by atoms with van der Waals surface area (Å²) in [5, 5.41) is 0. The Bertz CT molecular complexity index is 394. The van der Waals surface area contributed by atoms with Gasteiger partial charge >= 0.3 is 5.97 Å². The van der Waals surface area contributed by atoms with Crippen molar-refractivity contribution in [3.8, 4) is 0 Å². The SMILES string of the molecule is CCOC(=O)C=Cc1c(C)cc(C)cc1C. The second-order valence-electron chi connectivity index (χ2n) is 3.90. The molecule has 0 fully saturated rings. The molecule has 0 aliphatic heterocycles. The molecule has 0 atom stereocenters. The van der Waals surface area contributed by atoms with E-state index in [0.717, 1.165) is 5.56 Å². The first-order valence-corrected chi connectivity index (χ1v) is 5.47. The third-order valence-corrected chi connectivity index (χ3v) is 2.41. The van der Waals surface area contributed by atoms with Crippen LogP contribution in [0.5, 0.6) is 0 Å². The van der Waals surface area contributed by atoms with Crippen LogP contribution in [-0.4, -0.2) is 12.6 Å². The lowest BCUT2D eigenvalue weighted by molar-refractivity contribution is -0.137. The number of hydrogen-bond acceptors (Lipinski definition) is 2. The van der Waals surface area contributed by atoms with Crippen LogP contribution in [0, 0.1) is 20.8 Å². The summed E-state index contributed by atoms with van der Waals surface area (Å²) < 4.78 is 4.84. The van der Waals surface area contributed by atoms with Crippen molar-refractivity contribution in [3.05, 3.63) is 40.5 Å². The standard InChI is InChI=1S/C14H18O2/c1-5-16-14(15)7-6-13-11(3)8-10(2)9-12(13)4/h6-9H,5H2,1-4H3. The molecule has 0 radical (unpaired) electrons. The minimum atomic E-state index is -0.290. The van der Waals surface area contributed by atoms with Gasteiger partial charge in [-0.2, -0.15) is 0 Å². The highest BCUT2D eigenvalue weighted by Gasteiger charge is 2.01. The molecule has 0 aliphatic rings. The van der Waals surface area contributed by atoms with Crippen molar-refractivity contribution in [1.82, 2.24) is 0 Å². The van der Waals surface area contributed by atoms with Crippen molar-refractivity contribution in [1.29, 1.82) is 0 Å². The van der Waals surface area contributed by atoms with Gasteiger partial charge in [-0.15, -0.1) is 0 Å². The van der Waals surface area contributed by atoms with E-state index in [4.69, 9.17) is 4.74 Å². The molecule has 2 nitrogen and oxygen atoms in total. The molecule has 16 heavy (non-hydrogen) atoms. The van der Waals surface area contributed by atoms with Crippen molar-refractivity contribution in [2.45, 2.75) is 27.7 Å². The summed E-state index contributed by atoms with van der Waals surface area (Å²) in [5.74, 6) is -0.290. The first kappa shape index (κ1) is 12.5. The van der Waals surface area contributed by atoms with Crippen LogP contribution in [0.2, 0.25) is 0 Å². The fourth-order valence-electron chi connectivity index (χ4n) is 1.80. The Morgan fingerprint density at radius 1 is 1.25 bits per heavy atom. The molecule has 86 valence electrons. The molecule has 0 N–H and O–H groups in total. The molecule has 0 spiro atoms. The highest BCUT2D eigenvalue weighted by Crippen LogP contribution is 2.17. The second-order valence-corrected chi connectivity index (χ2v) is 3.90. The molecule has 0 amide bonds. The smallest absolute Gasteiger partial charge is 0.330 e. The van der Waals surface area contributed by atoms with Gasteiger partial charge in [-0.3, -0.25) is 0 Å². The summed E-state index contributed by atoms with van der Waals surface area (Å²) >= 11 is 0. The van der Waals surface area contributed by atoms with Gasteiger partial charge in [0.15, 0.2) is 0 Å². The summed E-state index contributed by atoms with van der Waals surface area (Å²) in [6.45, 7) is 8.37. The van der Waals surface area contributed by atoms with E-state index in [-0.39, 0.29) is 5.97 Å². The third-order valence-electron chi connectivity index (χ3n) is 2.41. The lowest BCUT2D eigenvalue weighted by Gasteiger charge is -2.06. The van der Waals surface area contributed by atoms with Crippen LogP contribution >= 0.6 is 0 Å². The van der Waals surface area contributed by atoms with E-state index in [9.17, 15) is 4.79 Å². The van der Waals surface area contributed by atoms with Gasteiger partial charge in [0.05, 0.1) is 6.61 Å². The van der Waals surface area contributed by atoms with Gasteiger partial charge in [0.25, 0.3) is 0 Å². The Morgan fingerprint density at radius 3 is 2.31 bits per heavy atom. The number of hydrogen-bond donors (Lipinski definition) is 0. The quantitative estimate of drug-likeness (QED) is 0.575. The fraction of sp³-hybridized carbons (Fsp3) is 0.357. The van der Waals surface area contributed by atoms with Crippen LogP contribution in [-0.2, 0) is 9.53 Å². The molecule has 0 aliphatic carbocycles. The monoisotopic (exact) mass is 218 g/mol. The van der Waals surface area contributed by atoms with E-state index < -0.39 is 0 Å². The largest absolute Gasteiger partial charge is 0.463 e. The Morgan fingerprint density at radius 2 is 1.81 bits per heavy atom. The first-order valence-electron chi connectivity index (χ1n) is 5.47. The second kappa shape index (κ2) is 5.50. The van der Waals surface area contributed by atoms with Gasteiger partial charge in [-0.05, 0) is 50.5 Å². The minimum absolute atomic E-state index is 0.290. The normalized spacial score (nSPS) is 10.8. The maximum Gasteiger partial charge on any atom is 0.330 e. The van der Waals surface area contributed by atoms with Crippen molar-refractivity contribution in [2.75, 3.05) is 6.61 Å². The molecule has 0 saturated carbocycles. The molecule has 1 aromatic rings. The molecule has 0 saturated heterocycles. The number of rotatable bonds is 3. The van der Waals surface area contributed by atoms with E-state index in [1.807, 2.05) is 19.9 Å². The Kier molecular flexibility index (Phi) is 4.29. The third kappa shape index (κ3) is 3.23. The molecular weight excluding hydrogens is 200 g/mol. The fourth-order valence-corrected chi connectivity index (χ4v) is 1.80. The Hall–Kier alpha value is -1.57. The van der Waals surface area contributed by atoms with E-state index >= 15 is 0 Å². The van der Waals surface area contributed by atoms with Crippen molar-refractivity contribution >= 4 is 12.0 Å². The Labute approximate surface area is 96.9 Å². The number of carbonyl (C=O) groups excluding carboxylic acids is 1. The number of aryl methyl sites for hydroxylation is 3. The number of esters is 1. The van der Waals surface area contributed by atoms with E-state index in [1.165, 1.54) is 22.8 Å². The maximum absolute atomic E-state index is 11.2. The molecule has 2 heteroatoms. The van der Waals surface area contributed by atoms with E-state index in [0.29, 0.717) is 6.61 Å². The van der Waals surface area contributed by atoms with Crippen LogP contribution in [0.3, 0.4) is 0 Å². The lowest BCUT2D eigenvalue weighted by Crippen LogP contribution is -1.99. The molecule has 1 aromatic carbocycles. The summed E-state index contributed by atoms with van der Waals surface area (Å²) in [6.07, 6.45) is 3.30. The van der Waals surface area contributed by atoms with Gasteiger partial charge in [0.1, 0.15) is 0 Å². The molecule has 0 aromatic heterocycles. The van der Waals surface area contributed by atoms with Gasteiger partial charge in [-0.1, -0.05) is 17.7 Å². The molecule has 0 unspecified atom stereocenters. The van der Waals surface area contributed by atoms with Gasteiger partial charge < -0.3 is 4.74 Å². The van der Waals surface area contributed by atoms with Crippen LogP contribution in [0.25, 0.3) is 6.08 Å². The summed E-state index contributed by atoms with van der Waals surface area (Å²) in [7, 11) is 0. The molecule has 0 bridgehead atoms. The molecule has 1 rings (SSSR count). The van der Waals surface area contributed by atoms with Crippen LogP contribution in [0.4, 0.5) is 0 Å². The molecular formula is C14H18O2. The minimum Gasteiger partial charge on any atom is -0.463 e. The molecule has 0 heterocycles. The van der Waals surface area contributed by atoms with Gasteiger partial charge in [-0.25, -0.2) is 4.79 Å². The van der Waals surface area contributed by atoms with E-state index in [2.05, 4.69) is 19.1 Å². The zero-order valence-corrected chi connectivity index (χ0v) is 10.3. The van der Waals surface area contributed by atoms with Crippen molar-refractivity contribution < 1.29 is 9.53 Å². The van der Waals surface area contributed by atoms with E-state index in [1.54, 1.807) is 6.92 Å². The number of benzene rings is 1. The average molecular weight is 218 g/mol. The summed E-state index contributed by atoms with van der Waals surface area (Å²) in [5.41, 5.74) is 4.69. The van der Waals surface area contributed by atoms with Crippen molar-refractivity contribution in [2.24, 2.45) is 0 Å². The lowest BCUT2D eigenvalue weighted by atomic mass is 9.99. The maximum atomic E-state index is 11.2. The first-order chi connectivity index (χ1) is 7.54. The zero-order chi connectivity index (χ0) is 12.1. The van der Waals surface area contributed by atoms with Crippen LogP contribution in [0.1, 0.15) is 29.2 Å².